The third-order valence-electron chi connectivity index (χ3n) is 3.23. The molecule has 0 bridgehead atoms. The van der Waals surface area contributed by atoms with E-state index in [0.717, 1.165) is 10.6 Å². The minimum absolute atomic E-state index is 0.253. The van der Waals surface area contributed by atoms with E-state index in [1.807, 2.05) is 17.5 Å². The van der Waals surface area contributed by atoms with Gasteiger partial charge in [0.2, 0.25) is 0 Å². The van der Waals surface area contributed by atoms with Gasteiger partial charge in [-0.2, -0.15) is 5.10 Å². The van der Waals surface area contributed by atoms with Gasteiger partial charge in [0.1, 0.15) is 5.82 Å². The van der Waals surface area contributed by atoms with Crippen LogP contribution in [0, 0.1) is 5.82 Å². The van der Waals surface area contributed by atoms with Crippen molar-refractivity contribution < 1.29 is 9.18 Å². The van der Waals surface area contributed by atoms with Crippen molar-refractivity contribution >= 4 is 17.2 Å². The zero-order valence-electron chi connectivity index (χ0n) is 11.7. The smallest absolute Gasteiger partial charge is 0.271 e. The van der Waals surface area contributed by atoms with Crippen LogP contribution in [0.3, 0.4) is 0 Å². The van der Waals surface area contributed by atoms with Crippen LogP contribution in [-0.4, -0.2) is 22.6 Å². The third-order valence-corrected chi connectivity index (χ3v) is 4.14. The van der Waals surface area contributed by atoms with E-state index in [0.29, 0.717) is 24.2 Å². The molecular weight excluding hydrogens is 301 g/mol. The van der Waals surface area contributed by atoms with Crippen LogP contribution in [0.1, 0.15) is 16.1 Å². The van der Waals surface area contributed by atoms with Gasteiger partial charge in [-0.15, -0.1) is 11.3 Å². The van der Waals surface area contributed by atoms with Crippen molar-refractivity contribution in [2.24, 2.45) is 0 Å². The lowest BCUT2D eigenvalue weighted by atomic mass is 10.1. The summed E-state index contributed by atoms with van der Waals surface area (Å²) in [6, 6.07) is 12.2. The molecule has 3 aromatic rings. The topological polar surface area (TPSA) is 57.8 Å². The summed E-state index contributed by atoms with van der Waals surface area (Å²) in [5.41, 5.74) is 1.73. The Hall–Kier alpha value is -2.47. The highest BCUT2D eigenvalue weighted by Crippen LogP contribution is 2.22. The van der Waals surface area contributed by atoms with Gasteiger partial charge >= 0.3 is 0 Å². The van der Waals surface area contributed by atoms with E-state index in [9.17, 15) is 9.18 Å². The first-order chi connectivity index (χ1) is 10.7. The van der Waals surface area contributed by atoms with E-state index in [1.165, 1.54) is 6.07 Å². The van der Waals surface area contributed by atoms with Crippen LogP contribution in [-0.2, 0) is 6.42 Å². The summed E-state index contributed by atoms with van der Waals surface area (Å²) < 4.78 is 13.5. The van der Waals surface area contributed by atoms with Gasteiger partial charge in [-0.25, -0.2) is 4.39 Å². The lowest BCUT2D eigenvalue weighted by Gasteiger charge is -2.04. The number of halogens is 1. The molecule has 0 saturated heterocycles. The second-order valence-electron chi connectivity index (χ2n) is 4.74. The van der Waals surface area contributed by atoms with Crippen LogP contribution >= 0.6 is 11.3 Å². The Morgan fingerprint density at radius 1 is 1.27 bits per heavy atom. The van der Waals surface area contributed by atoms with Gasteiger partial charge in [0.05, 0.1) is 10.6 Å². The lowest BCUT2D eigenvalue weighted by molar-refractivity contribution is 0.0949. The first kappa shape index (κ1) is 14.5. The number of carbonyl (C=O) groups excluding carboxylic acids is 1. The molecule has 0 aliphatic carbocycles. The maximum atomic E-state index is 13.5. The highest BCUT2D eigenvalue weighted by molar-refractivity contribution is 7.13. The summed E-state index contributed by atoms with van der Waals surface area (Å²) in [7, 11) is 0. The summed E-state index contributed by atoms with van der Waals surface area (Å²) in [5, 5.41) is 11.6. The van der Waals surface area contributed by atoms with Crippen molar-refractivity contribution in [2.45, 2.75) is 6.42 Å². The molecule has 6 heteroatoms. The van der Waals surface area contributed by atoms with Gasteiger partial charge in [-0.1, -0.05) is 24.3 Å². The molecule has 2 heterocycles. The van der Waals surface area contributed by atoms with Crippen LogP contribution in [0.2, 0.25) is 0 Å². The quantitative estimate of drug-likeness (QED) is 0.759. The summed E-state index contributed by atoms with van der Waals surface area (Å²) in [4.78, 5) is 13.0. The molecule has 112 valence electrons. The second kappa shape index (κ2) is 6.53. The molecule has 1 aromatic carbocycles. The third kappa shape index (κ3) is 3.23. The van der Waals surface area contributed by atoms with Gasteiger partial charge in [-0.05, 0) is 35.6 Å². The number of aromatic nitrogens is 2. The van der Waals surface area contributed by atoms with Gasteiger partial charge in [-0.3, -0.25) is 9.89 Å². The van der Waals surface area contributed by atoms with Crippen molar-refractivity contribution in [2.75, 3.05) is 6.54 Å². The number of nitrogens with zero attached hydrogens (tertiary/aromatic N) is 1. The Morgan fingerprint density at radius 3 is 2.91 bits per heavy atom. The highest BCUT2D eigenvalue weighted by atomic mass is 32.1. The molecule has 0 aliphatic rings. The van der Waals surface area contributed by atoms with Crippen LogP contribution in [0.25, 0.3) is 10.6 Å². The van der Waals surface area contributed by atoms with E-state index in [2.05, 4.69) is 15.5 Å². The molecular formula is C16H14FN3OS. The summed E-state index contributed by atoms with van der Waals surface area (Å²) in [6.07, 6.45) is 0.445. The van der Waals surface area contributed by atoms with Gasteiger partial charge in [0.15, 0.2) is 5.69 Å². The molecule has 1 amide bonds. The van der Waals surface area contributed by atoms with Crippen LogP contribution in [0.5, 0.6) is 0 Å². The molecule has 3 rings (SSSR count). The van der Waals surface area contributed by atoms with E-state index >= 15 is 0 Å². The Kier molecular flexibility index (Phi) is 4.29. The molecule has 4 nitrogen and oxygen atoms in total. The predicted molar refractivity (Wildman–Crippen MR) is 84.3 cm³/mol. The van der Waals surface area contributed by atoms with E-state index in [4.69, 9.17) is 0 Å². The first-order valence-electron chi connectivity index (χ1n) is 6.85. The van der Waals surface area contributed by atoms with E-state index in [1.54, 1.807) is 35.6 Å². The van der Waals surface area contributed by atoms with Gasteiger partial charge < -0.3 is 5.32 Å². The monoisotopic (exact) mass is 315 g/mol. The molecule has 0 saturated carbocycles. The van der Waals surface area contributed by atoms with Crippen LogP contribution in [0.4, 0.5) is 4.39 Å². The number of hydrogen-bond acceptors (Lipinski definition) is 3. The normalized spacial score (nSPS) is 10.6. The maximum Gasteiger partial charge on any atom is 0.271 e. The summed E-state index contributed by atoms with van der Waals surface area (Å²) >= 11 is 1.57. The number of aromatic amines is 1. The molecule has 0 aliphatic heterocycles. The molecule has 0 unspecified atom stereocenters. The number of amides is 1. The zero-order valence-corrected chi connectivity index (χ0v) is 12.5. The van der Waals surface area contributed by atoms with E-state index < -0.39 is 0 Å². The fraction of sp³-hybridized carbons (Fsp3) is 0.125. The second-order valence-corrected chi connectivity index (χ2v) is 5.69. The average molecular weight is 315 g/mol. The molecule has 0 radical (unpaired) electrons. The van der Waals surface area contributed by atoms with Crippen LogP contribution < -0.4 is 5.32 Å². The van der Waals surface area contributed by atoms with Crippen molar-refractivity contribution in [3.05, 3.63) is 64.9 Å². The fourth-order valence-electron chi connectivity index (χ4n) is 2.10. The highest BCUT2D eigenvalue weighted by Gasteiger charge is 2.11. The first-order valence-corrected chi connectivity index (χ1v) is 7.73. The maximum absolute atomic E-state index is 13.5. The minimum Gasteiger partial charge on any atom is -0.350 e. The minimum atomic E-state index is -0.268. The van der Waals surface area contributed by atoms with Crippen molar-refractivity contribution in [1.82, 2.24) is 15.5 Å². The van der Waals surface area contributed by atoms with Gasteiger partial charge in [0.25, 0.3) is 5.91 Å². The number of carbonyl (C=O) groups is 1. The Balaban J connectivity index is 1.57. The number of hydrogen-bond donors (Lipinski definition) is 2. The number of nitrogens with one attached hydrogen (secondary N) is 2. The molecule has 0 fully saturated rings. The molecule has 22 heavy (non-hydrogen) atoms. The zero-order chi connectivity index (χ0) is 15.4. The number of benzene rings is 1. The van der Waals surface area contributed by atoms with E-state index in [-0.39, 0.29) is 11.7 Å². The predicted octanol–water partition coefficient (Wildman–Crippen LogP) is 3.25. The van der Waals surface area contributed by atoms with Crippen molar-refractivity contribution in [3.63, 3.8) is 0 Å². The number of H-pyrrole nitrogens is 1. The SMILES string of the molecule is O=C(NCCc1ccccc1F)c1cc(-c2cccs2)[nH]n1. The van der Waals surface area contributed by atoms with Crippen molar-refractivity contribution in [3.8, 4) is 10.6 Å². The molecule has 0 spiro atoms. The summed E-state index contributed by atoms with van der Waals surface area (Å²) in [6.45, 7) is 0.362. The summed E-state index contributed by atoms with van der Waals surface area (Å²) in [5.74, 6) is -0.521. The standard InChI is InChI=1S/C16H14FN3OS/c17-12-5-2-1-4-11(12)7-8-18-16(21)14-10-13(19-20-14)15-6-3-9-22-15/h1-6,9-10H,7-8H2,(H,18,21)(H,19,20). The Bertz CT molecular complexity index is 767. The number of thiophene rings is 1. The van der Waals surface area contributed by atoms with Crippen LogP contribution in [0.15, 0.2) is 47.8 Å². The lowest BCUT2D eigenvalue weighted by Crippen LogP contribution is -2.26. The van der Waals surface area contributed by atoms with Gasteiger partial charge in [0, 0.05) is 6.54 Å². The Morgan fingerprint density at radius 2 is 2.14 bits per heavy atom. The largest absolute Gasteiger partial charge is 0.350 e. The van der Waals surface area contributed by atoms with Crippen molar-refractivity contribution in [1.29, 1.82) is 0 Å². The Labute approximate surface area is 131 Å². The number of rotatable bonds is 5. The fourth-order valence-corrected chi connectivity index (χ4v) is 2.79. The molecule has 0 atom stereocenters. The molecule has 2 N–H and O–H groups in total. The molecule has 2 aromatic heterocycles. The average Bonchev–Trinajstić information content (AvgIpc) is 3.20.